The van der Waals surface area contributed by atoms with Crippen LogP contribution in [0.1, 0.15) is 36.0 Å². The molecule has 0 spiro atoms. The van der Waals surface area contributed by atoms with Crippen LogP contribution in [-0.4, -0.2) is 25.7 Å². The molecule has 1 aliphatic carbocycles. The average Bonchev–Trinajstić information content (AvgIpc) is 2.37. The fraction of sp³-hybridized carbons (Fsp3) is 0.500. The lowest BCUT2D eigenvalue weighted by Crippen LogP contribution is -2.31. The summed E-state index contributed by atoms with van der Waals surface area (Å²) in [5.74, 6) is -1.29. The Hall–Kier alpha value is -0.750. The number of hydrogen-bond donors (Lipinski definition) is 0. The molecule has 2 atom stereocenters. The normalized spacial score (nSPS) is 23.6. The second-order valence-corrected chi connectivity index (χ2v) is 8.46. The molecule has 0 radical (unpaired) electrons. The zero-order chi connectivity index (χ0) is 14.9. The maximum absolute atomic E-state index is 13.8. The molecule has 0 heterocycles. The predicted octanol–water partition coefficient (Wildman–Crippen LogP) is 3.37. The lowest BCUT2D eigenvalue weighted by atomic mass is 9.83. The third kappa shape index (κ3) is 3.28. The van der Waals surface area contributed by atoms with E-state index < -0.39 is 26.8 Å². The van der Waals surface area contributed by atoms with E-state index in [0.717, 1.165) is 0 Å². The van der Waals surface area contributed by atoms with Crippen LogP contribution >= 0.6 is 15.9 Å². The van der Waals surface area contributed by atoms with E-state index in [2.05, 4.69) is 15.9 Å². The summed E-state index contributed by atoms with van der Waals surface area (Å²) in [7, 11) is -3.15. The van der Waals surface area contributed by atoms with E-state index in [9.17, 15) is 17.6 Å². The summed E-state index contributed by atoms with van der Waals surface area (Å²) < 4.78 is 37.5. The smallest absolute Gasteiger partial charge is 0.170 e. The molecule has 0 saturated heterocycles. The van der Waals surface area contributed by atoms with E-state index in [-0.39, 0.29) is 11.3 Å². The molecule has 6 heteroatoms. The summed E-state index contributed by atoms with van der Waals surface area (Å²) in [5.41, 5.74) is 0.0339. The van der Waals surface area contributed by atoms with Crippen LogP contribution in [0, 0.1) is 11.7 Å². The first-order valence-electron chi connectivity index (χ1n) is 6.48. The molecule has 20 heavy (non-hydrogen) atoms. The van der Waals surface area contributed by atoms with Crippen molar-refractivity contribution in [2.75, 3.05) is 6.26 Å². The standard InChI is InChI=1S/C14H16BrFO3S/c1-20(18,19)10-5-2-4-9(8-10)14(17)13-11(15)6-3-7-12(13)16/h3,6-7,9-10H,2,4-5,8H2,1H3. The predicted molar refractivity (Wildman–Crippen MR) is 79.0 cm³/mol. The molecule has 0 aromatic heterocycles. The Bertz CT molecular complexity index is 607. The van der Waals surface area contributed by atoms with Gasteiger partial charge in [0.05, 0.1) is 10.8 Å². The number of Topliss-reactive ketones (excluding diaryl/α,β-unsaturated/α-hetero) is 1. The fourth-order valence-electron chi connectivity index (χ4n) is 2.71. The highest BCUT2D eigenvalue weighted by Crippen LogP contribution is 2.33. The third-order valence-corrected chi connectivity index (χ3v) is 6.11. The van der Waals surface area contributed by atoms with Crippen molar-refractivity contribution < 1.29 is 17.6 Å². The second kappa shape index (κ2) is 5.93. The first kappa shape index (κ1) is 15.6. The lowest BCUT2D eigenvalue weighted by molar-refractivity contribution is 0.0886. The molecular weight excluding hydrogens is 347 g/mol. The van der Waals surface area contributed by atoms with Crippen LogP contribution < -0.4 is 0 Å². The summed E-state index contributed by atoms with van der Waals surface area (Å²) >= 11 is 3.19. The fourth-order valence-corrected chi connectivity index (χ4v) is 4.42. The molecule has 2 unspecified atom stereocenters. The summed E-state index contributed by atoms with van der Waals surface area (Å²) in [6.45, 7) is 0. The van der Waals surface area contributed by atoms with Crippen molar-refractivity contribution in [1.82, 2.24) is 0 Å². The van der Waals surface area contributed by atoms with E-state index in [1.54, 1.807) is 6.07 Å². The first-order valence-corrected chi connectivity index (χ1v) is 9.22. The van der Waals surface area contributed by atoms with Crippen molar-refractivity contribution in [3.63, 3.8) is 0 Å². The molecule has 2 rings (SSSR count). The Balaban J connectivity index is 2.26. The Morgan fingerprint density at radius 2 is 2.05 bits per heavy atom. The van der Waals surface area contributed by atoms with Crippen LogP contribution in [0.4, 0.5) is 4.39 Å². The zero-order valence-electron chi connectivity index (χ0n) is 11.1. The summed E-state index contributed by atoms with van der Waals surface area (Å²) in [5, 5.41) is -0.490. The van der Waals surface area contributed by atoms with Crippen LogP contribution in [0.25, 0.3) is 0 Å². The Kier molecular flexibility index (Phi) is 4.64. The monoisotopic (exact) mass is 362 g/mol. The molecule has 1 aliphatic rings. The maximum atomic E-state index is 13.8. The van der Waals surface area contributed by atoms with Crippen LogP contribution in [0.2, 0.25) is 0 Å². The SMILES string of the molecule is CS(=O)(=O)C1CCCC(C(=O)c2c(F)cccc2Br)C1. The summed E-state index contributed by atoms with van der Waals surface area (Å²) in [6, 6.07) is 4.39. The molecule has 0 aliphatic heterocycles. The van der Waals surface area contributed by atoms with E-state index in [4.69, 9.17) is 0 Å². The van der Waals surface area contributed by atoms with Crippen molar-refractivity contribution >= 4 is 31.6 Å². The van der Waals surface area contributed by atoms with E-state index >= 15 is 0 Å². The second-order valence-electron chi connectivity index (χ2n) is 5.28. The van der Waals surface area contributed by atoms with Gasteiger partial charge in [-0.05, 0) is 47.3 Å². The van der Waals surface area contributed by atoms with Gasteiger partial charge in [0.1, 0.15) is 15.7 Å². The molecule has 0 amide bonds. The Labute approximate surface area is 126 Å². The van der Waals surface area contributed by atoms with Crippen molar-refractivity contribution in [1.29, 1.82) is 0 Å². The molecule has 110 valence electrons. The van der Waals surface area contributed by atoms with Gasteiger partial charge >= 0.3 is 0 Å². The highest BCUT2D eigenvalue weighted by Gasteiger charge is 2.34. The van der Waals surface area contributed by atoms with Crippen LogP contribution in [0.5, 0.6) is 0 Å². The van der Waals surface area contributed by atoms with Crippen molar-refractivity contribution in [2.24, 2.45) is 5.92 Å². The van der Waals surface area contributed by atoms with E-state index in [1.807, 2.05) is 0 Å². The average molecular weight is 363 g/mol. The van der Waals surface area contributed by atoms with Gasteiger partial charge in [-0.2, -0.15) is 0 Å². The van der Waals surface area contributed by atoms with Crippen molar-refractivity contribution in [3.8, 4) is 0 Å². The molecule has 0 bridgehead atoms. The molecule has 0 N–H and O–H groups in total. The van der Waals surface area contributed by atoms with Gasteiger partial charge in [0.15, 0.2) is 5.78 Å². The van der Waals surface area contributed by atoms with Gasteiger partial charge < -0.3 is 0 Å². The molecular formula is C14H16BrFO3S. The largest absolute Gasteiger partial charge is 0.294 e. The number of rotatable bonds is 3. The van der Waals surface area contributed by atoms with Crippen LogP contribution in [-0.2, 0) is 9.84 Å². The van der Waals surface area contributed by atoms with Gasteiger partial charge in [0, 0.05) is 16.6 Å². The maximum Gasteiger partial charge on any atom is 0.170 e. The van der Waals surface area contributed by atoms with Gasteiger partial charge in [-0.3, -0.25) is 4.79 Å². The summed E-state index contributed by atoms with van der Waals surface area (Å²) in [4.78, 5) is 12.4. The number of sulfone groups is 1. The number of halogens is 2. The quantitative estimate of drug-likeness (QED) is 0.774. The number of hydrogen-bond acceptors (Lipinski definition) is 3. The lowest BCUT2D eigenvalue weighted by Gasteiger charge is -2.27. The van der Waals surface area contributed by atoms with Crippen LogP contribution in [0.15, 0.2) is 22.7 Å². The zero-order valence-corrected chi connectivity index (χ0v) is 13.5. The number of benzene rings is 1. The number of carbonyl (C=O) groups excluding carboxylic acids is 1. The van der Waals surface area contributed by atoms with Gasteiger partial charge in [0.25, 0.3) is 0 Å². The topological polar surface area (TPSA) is 51.2 Å². The molecule has 1 fully saturated rings. The number of carbonyl (C=O) groups is 1. The molecule has 3 nitrogen and oxygen atoms in total. The molecule has 1 aromatic carbocycles. The van der Waals surface area contributed by atoms with E-state index in [0.29, 0.717) is 30.2 Å². The molecule has 1 aromatic rings. The van der Waals surface area contributed by atoms with E-state index in [1.165, 1.54) is 18.4 Å². The summed E-state index contributed by atoms with van der Waals surface area (Å²) in [6.07, 6.45) is 3.37. The Morgan fingerprint density at radius 3 is 2.65 bits per heavy atom. The van der Waals surface area contributed by atoms with Gasteiger partial charge in [-0.1, -0.05) is 12.5 Å². The first-order chi connectivity index (χ1) is 9.30. The third-order valence-electron chi connectivity index (χ3n) is 3.81. The molecule has 1 saturated carbocycles. The number of ketones is 1. The van der Waals surface area contributed by atoms with Crippen molar-refractivity contribution in [2.45, 2.75) is 30.9 Å². The van der Waals surface area contributed by atoms with Gasteiger partial charge in [0.2, 0.25) is 0 Å². The Morgan fingerprint density at radius 1 is 1.35 bits per heavy atom. The minimum absolute atomic E-state index is 0.0339. The minimum Gasteiger partial charge on any atom is -0.294 e. The van der Waals surface area contributed by atoms with Gasteiger partial charge in [-0.25, -0.2) is 12.8 Å². The van der Waals surface area contributed by atoms with Crippen LogP contribution in [0.3, 0.4) is 0 Å². The van der Waals surface area contributed by atoms with Crippen molar-refractivity contribution in [3.05, 3.63) is 34.1 Å². The highest BCUT2D eigenvalue weighted by molar-refractivity contribution is 9.10. The minimum atomic E-state index is -3.15. The van der Waals surface area contributed by atoms with Gasteiger partial charge in [-0.15, -0.1) is 0 Å². The highest BCUT2D eigenvalue weighted by atomic mass is 79.9.